The number of aromatic nitrogens is 2. The van der Waals surface area contributed by atoms with Crippen LogP contribution in [0.4, 0.5) is 11.4 Å². The number of nitrogens with one attached hydrogen (secondary N) is 1. The molecule has 1 amide bonds. The standard InChI is InChI=1S/C18H22N4O3/c1-3-25-16-6-4-14(5-7-16)20-18(24)13-8-9-22(12-13)15-10-17(23)21(2)19-11-15/h4-7,10-11,13H,3,8-9,12H2,1-2H3,(H,20,24). The molecule has 3 rings (SSSR count). The summed E-state index contributed by atoms with van der Waals surface area (Å²) in [4.78, 5) is 26.2. The van der Waals surface area contributed by atoms with E-state index >= 15 is 0 Å². The SMILES string of the molecule is CCOc1ccc(NC(=O)C2CCN(c3cnn(C)c(=O)c3)C2)cc1. The Bertz CT molecular complexity index is 801. The summed E-state index contributed by atoms with van der Waals surface area (Å²) in [7, 11) is 1.61. The molecule has 0 aliphatic carbocycles. The predicted molar refractivity (Wildman–Crippen MR) is 96.0 cm³/mol. The highest BCUT2D eigenvalue weighted by Gasteiger charge is 2.29. The molecule has 0 radical (unpaired) electrons. The second-order valence-corrected chi connectivity index (χ2v) is 6.05. The van der Waals surface area contributed by atoms with Crippen LogP contribution in [-0.2, 0) is 11.8 Å². The van der Waals surface area contributed by atoms with E-state index in [2.05, 4.69) is 10.4 Å². The number of nitrogens with zero attached hydrogens (tertiary/aromatic N) is 3. The molecule has 2 aromatic rings. The van der Waals surface area contributed by atoms with E-state index in [1.165, 1.54) is 4.68 Å². The lowest BCUT2D eigenvalue weighted by molar-refractivity contribution is -0.119. The Morgan fingerprint density at radius 2 is 2.12 bits per heavy atom. The van der Waals surface area contributed by atoms with E-state index in [-0.39, 0.29) is 17.4 Å². The number of rotatable bonds is 5. The van der Waals surface area contributed by atoms with Crippen molar-refractivity contribution in [2.24, 2.45) is 13.0 Å². The van der Waals surface area contributed by atoms with E-state index in [4.69, 9.17) is 4.74 Å². The highest BCUT2D eigenvalue weighted by atomic mass is 16.5. The van der Waals surface area contributed by atoms with Gasteiger partial charge in [-0.25, -0.2) is 4.68 Å². The quantitative estimate of drug-likeness (QED) is 0.894. The third-order valence-corrected chi connectivity index (χ3v) is 4.31. The minimum Gasteiger partial charge on any atom is -0.494 e. The van der Waals surface area contributed by atoms with Crippen LogP contribution in [0.3, 0.4) is 0 Å². The van der Waals surface area contributed by atoms with Crippen molar-refractivity contribution in [3.05, 3.63) is 46.9 Å². The Morgan fingerprint density at radius 1 is 1.36 bits per heavy atom. The maximum Gasteiger partial charge on any atom is 0.268 e. The van der Waals surface area contributed by atoms with Gasteiger partial charge in [-0.2, -0.15) is 5.10 Å². The molecule has 0 saturated carbocycles. The largest absolute Gasteiger partial charge is 0.494 e. The van der Waals surface area contributed by atoms with Gasteiger partial charge in [0, 0.05) is 31.9 Å². The van der Waals surface area contributed by atoms with Crippen LogP contribution in [-0.4, -0.2) is 35.4 Å². The molecule has 25 heavy (non-hydrogen) atoms. The van der Waals surface area contributed by atoms with Gasteiger partial charge < -0.3 is 15.0 Å². The van der Waals surface area contributed by atoms with Gasteiger partial charge in [0.1, 0.15) is 5.75 Å². The van der Waals surface area contributed by atoms with Gasteiger partial charge in [-0.1, -0.05) is 0 Å². The number of carbonyl (C=O) groups is 1. The van der Waals surface area contributed by atoms with Crippen LogP contribution in [0, 0.1) is 5.92 Å². The number of ether oxygens (including phenoxy) is 1. The van der Waals surface area contributed by atoms with Gasteiger partial charge in [-0.3, -0.25) is 9.59 Å². The molecule has 1 fully saturated rings. The molecular formula is C18H22N4O3. The third-order valence-electron chi connectivity index (χ3n) is 4.31. The average molecular weight is 342 g/mol. The van der Waals surface area contributed by atoms with Crippen molar-refractivity contribution in [2.45, 2.75) is 13.3 Å². The Labute approximate surface area is 146 Å². The second kappa shape index (κ2) is 7.38. The van der Waals surface area contributed by atoms with Crippen molar-refractivity contribution in [1.82, 2.24) is 9.78 Å². The van der Waals surface area contributed by atoms with Crippen LogP contribution in [0.25, 0.3) is 0 Å². The highest BCUT2D eigenvalue weighted by molar-refractivity contribution is 5.93. The molecule has 1 atom stereocenters. The van der Waals surface area contributed by atoms with Crippen LogP contribution in [0.15, 0.2) is 41.3 Å². The van der Waals surface area contributed by atoms with Gasteiger partial charge in [0.2, 0.25) is 5.91 Å². The Morgan fingerprint density at radius 3 is 2.80 bits per heavy atom. The molecule has 2 heterocycles. The van der Waals surface area contributed by atoms with Gasteiger partial charge in [0.15, 0.2) is 0 Å². The normalized spacial score (nSPS) is 16.7. The first kappa shape index (κ1) is 17.0. The maximum atomic E-state index is 12.5. The second-order valence-electron chi connectivity index (χ2n) is 6.05. The minimum absolute atomic E-state index is 0.0107. The molecule has 1 aliphatic heterocycles. The molecule has 132 valence electrons. The summed E-state index contributed by atoms with van der Waals surface area (Å²) in [5, 5.41) is 6.98. The van der Waals surface area contributed by atoms with E-state index in [1.54, 1.807) is 19.3 Å². The minimum atomic E-state index is -0.153. The van der Waals surface area contributed by atoms with Crippen molar-refractivity contribution in [2.75, 3.05) is 29.9 Å². The average Bonchev–Trinajstić information content (AvgIpc) is 3.09. The zero-order chi connectivity index (χ0) is 17.8. The van der Waals surface area contributed by atoms with Gasteiger partial charge in [-0.05, 0) is 37.6 Å². The van der Waals surface area contributed by atoms with Gasteiger partial charge in [-0.15, -0.1) is 0 Å². The van der Waals surface area contributed by atoms with Crippen molar-refractivity contribution in [3.8, 4) is 5.75 Å². The molecular weight excluding hydrogens is 320 g/mol. The highest BCUT2D eigenvalue weighted by Crippen LogP contribution is 2.24. The molecule has 1 aliphatic rings. The van der Waals surface area contributed by atoms with E-state index in [1.807, 2.05) is 36.1 Å². The monoisotopic (exact) mass is 342 g/mol. The fourth-order valence-electron chi connectivity index (χ4n) is 2.89. The number of hydrogen-bond donors (Lipinski definition) is 1. The smallest absolute Gasteiger partial charge is 0.268 e. The molecule has 0 spiro atoms. The summed E-state index contributed by atoms with van der Waals surface area (Å²) in [5.41, 5.74) is 1.36. The fraction of sp³-hybridized carbons (Fsp3) is 0.389. The molecule has 1 N–H and O–H groups in total. The van der Waals surface area contributed by atoms with Crippen molar-refractivity contribution in [1.29, 1.82) is 0 Å². The van der Waals surface area contributed by atoms with Crippen LogP contribution in [0.1, 0.15) is 13.3 Å². The Balaban J connectivity index is 1.60. The summed E-state index contributed by atoms with van der Waals surface area (Å²) >= 11 is 0. The van der Waals surface area contributed by atoms with E-state index in [0.717, 1.165) is 30.1 Å². The predicted octanol–water partition coefficient (Wildman–Crippen LogP) is 1.64. The zero-order valence-corrected chi connectivity index (χ0v) is 14.4. The third kappa shape index (κ3) is 3.99. The number of aryl methyl sites for hydroxylation is 1. The molecule has 1 unspecified atom stereocenters. The molecule has 1 aromatic carbocycles. The fourth-order valence-corrected chi connectivity index (χ4v) is 2.89. The number of hydrogen-bond acceptors (Lipinski definition) is 5. The number of carbonyl (C=O) groups excluding carboxylic acids is 1. The first-order chi connectivity index (χ1) is 12.1. The maximum absolute atomic E-state index is 12.5. The van der Waals surface area contributed by atoms with Gasteiger partial charge in [0.05, 0.1) is 24.4 Å². The summed E-state index contributed by atoms with van der Waals surface area (Å²) in [5.74, 6) is 0.657. The number of anilines is 2. The van der Waals surface area contributed by atoms with Crippen molar-refractivity contribution in [3.63, 3.8) is 0 Å². The molecule has 1 aromatic heterocycles. The first-order valence-electron chi connectivity index (χ1n) is 8.39. The van der Waals surface area contributed by atoms with Crippen molar-refractivity contribution >= 4 is 17.3 Å². The van der Waals surface area contributed by atoms with Crippen LogP contribution in [0.2, 0.25) is 0 Å². The van der Waals surface area contributed by atoms with Crippen molar-refractivity contribution < 1.29 is 9.53 Å². The lowest BCUT2D eigenvalue weighted by Gasteiger charge is -2.18. The van der Waals surface area contributed by atoms with E-state index in [0.29, 0.717) is 13.2 Å². The van der Waals surface area contributed by atoms with E-state index < -0.39 is 0 Å². The zero-order valence-electron chi connectivity index (χ0n) is 14.4. The summed E-state index contributed by atoms with van der Waals surface area (Å²) in [6.45, 7) is 3.86. The number of amides is 1. The molecule has 7 nitrogen and oxygen atoms in total. The van der Waals surface area contributed by atoms with Gasteiger partial charge >= 0.3 is 0 Å². The summed E-state index contributed by atoms with van der Waals surface area (Å²) < 4.78 is 6.68. The van der Waals surface area contributed by atoms with Gasteiger partial charge in [0.25, 0.3) is 5.56 Å². The topological polar surface area (TPSA) is 76.5 Å². The Kier molecular flexibility index (Phi) is 5.02. The molecule has 1 saturated heterocycles. The lowest BCUT2D eigenvalue weighted by atomic mass is 10.1. The van der Waals surface area contributed by atoms with Crippen LogP contribution < -0.4 is 20.5 Å². The lowest BCUT2D eigenvalue weighted by Crippen LogP contribution is -2.28. The molecule has 7 heteroatoms. The Hall–Kier alpha value is -2.83. The summed E-state index contributed by atoms with van der Waals surface area (Å²) in [6.07, 6.45) is 2.41. The van der Waals surface area contributed by atoms with E-state index in [9.17, 15) is 9.59 Å². The molecule has 0 bridgehead atoms. The van der Waals surface area contributed by atoms with Crippen LogP contribution in [0.5, 0.6) is 5.75 Å². The summed E-state index contributed by atoms with van der Waals surface area (Å²) in [6, 6.07) is 8.90. The van der Waals surface area contributed by atoms with Crippen LogP contribution >= 0.6 is 0 Å². The first-order valence-corrected chi connectivity index (χ1v) is 8.39. The number of benzene rings is 1.